The summed E-state index contributed by atoms with van der Waals surface area (Å²) < 4.78 is 32.1. The number of anilines is 2. The lowest BCUT2D eigenvalue weighted by Crippen LogP contribution is -2.23. The Morgan fingerprint density at radius 2 is 1.71 bits per heavy atom. The van der Waals surface area contributed by atoms with Crippen LogP contribution in [0.5, 0.6) is 0 Å². The summed E-state index contributed by atoms with van der Waals surface area (Å²) in [5, 5.41) is 5.84. The highest BCUT2D eigenvalue weighted by atomic mass is 19.2. The molecule has 1 aromatic heterocycles. The van der Waals surface area contributed by atoms with E-state index in [9.17, 15) is 18.4 Å². The minimum atomic E-state index is -1.08. The SMILES string of the molecule is CCC(CC)C(=O)Nc1c(C(=O)Nc2ccc(F)c(F)c2)oc2ccccc12. The molecule has 0 saturated carbocycles. The molecule has 0 atom stereocenters. The van der Waals surface area contributed by atoms with E-state index in [1.165, 1.54) is 6.07 Å². The summed E-state index contributed by atoms with van der Waals surface area (Å²) in [5.41, 5.74) is 0.756. The van der Waals surface area contributed by atoms with Crippen LogP contribution in [-0.2, 0) is 4.79 Å². The molecule has 0 aliphatic rings. The largest absolute Gasteiger partial charge is 0.449 e. The first kappa shape index (κ1) is 19.5. The zero-order valence-corrected chi connectivity index (χ0v) is 15.5. The average Bonchev–Trinajstić information content (AvgIpc) is 3.04. The summed E-state index contributed by atoms with van der Waals surface area (Å²) >= 11 is 0. The van der Waals surface area contributed by atoms with Gasteiger partial charge in [0.2, 0.25) is 11.7 Å². The Bertz CT molecular complexity index is 1030. The first-order chi connectivity index (χ1) is 13.4. The van der Waals surface area contributed by atoms with Crippen molar-refractivity contribution < 1.29 is 22.8 Å². The van der Waals surface area contributed by atoms with Gasteiger partial charge in [-0.1, -0.05) is 26.0 Å². The lowest BCUT2D eigenvalue weighted by atomic mass is 10.0. The number of halogens is 2. The molecule has 7 heteroatoms. The van der Waals surface area contributed by atoms with Gasteiger partial charge in [-0.2, -0.15) is 0 Å². The van der Waals surface area contributed by atoms with Gasteiger partial charge < -0.3 is 15.1 Å². The Kier molecular flexibility index (Phi) is 5.73. The monoisotopic (exact) mass is 386 g/mol. The van der Waals surface area contributed by atoms with E-state index in [0.29, 0.717) is 23.8 Å². The second kappa shape index (κ2) is 8.21. The van der Waals surface area contributed by atoms with Gasteiger partial charge in [0.25, 0.3) is 5.91 Å². The van der Waals surface area contributed by atoms with Crippen LogP contribution in [-0.4, -0.2) is 11.8 Å². The number of hydrogen-bond acceptors (Lipinski definition) is 3. The number of fused-ring (bicyclic) bond motifs is 1. The zero-order chi connectivity index (χ0) is 20.3. The number of rotatable bonds is 6. The second-order valence-corrected chi connectivity index (χ2v) is 6.39. The molecule has 0 bridgehead atoms. The molecule has 2 aromatic carbocycles. The summed E-state index contributed by atoms with van der Waals surface area (Å²) in [5.74, 6) is -3.29. The first-order valence-electron chi connectivity index (χ1n) is 9.03. The van der Waals surface area contributed by atoms with Crippen molar-refractivity contribution in [2.75, 3.05) is 10.6 Å². The van der Waals surface area contributed by atoms with Gasteiger partial charge >= 0.3 is 0 Å². The second-order valence-electron chi connectivity index (χ2n) is 6.39. The van der Waals surface area contributed by atoms with Crippen LogP contribution in [0.1, 0.15) is 37.2 Å². The highest BCUT2D eigenvalue weighted by Gasteiger charge is 2.24. The molecule has 28 heavy (non-hydrogen) atoms. The van der Waals surface area contributed by atoms with Crippen LogP contribution in [0, 0.1) is 17.6 Å². The lowest BCUT2D eigenvalue weighted by molar-refractivity contribution is -0.120. The Balaban J connectivity index is 1.96. The predicted octanol–water partition coefficient (Wildman–Crippen LogP) is 5.34. The van der Waals surface area contributed by atoms with Crippen LogP contribution in [0.25, 0.3) is 11.0 Å². The summed E-state index contributed by atoms with van der Waals surface area (Å²) in [7, 11) is 0. The number of benzene rings is 2. The highest BCUT2D eigenvalue weighted by Crippen LogP contribution is 2.32. The topological polar surface area (TPSA) is 71.3 Å². The smallest absolute Gasteiger partial charge is 0.293 e. The van der Waals surface area contributed by atoms with Gasteiger partial charge in [-0.3, -0.25) is 9.59 Å². The van der Waals surface area contributed by atoms with Gasteiger partial charge in [-0.05, 0) is 37.1 Å². The number of para-hydroxylation sites is 1. The third-order valence-corrected chi connectivity index (χ3v) is 4.58. The van der Waals surface area contributed by atoms with Crippen LogP contribution in [0.15, 0.2) is 46.9 Å². The third kappa shape index (κ3) is 3.88. The van der Waals surface area contributed by atoms with Gasteiger partial charge in [-0.25, -0.2) is 8.78 Å². The predicted molar refractivity (Wildman–Crippen MR) is 103 cm³/mol. The van der Waals surface area contributed by atoms with Crippen molar-refractivity contribution in [2.45, 2.75) is 26.7 Å². The van der Waals surface area contributed by atoms with E-state index in [2.05, 4.69) is 10.6 Å². The Morgan fingerprint density at radius 1 is 1.00 bits per heavy atom. The number of carbonyl (C=O) groups excluding carboxylic acids is 2. The minimum Gasteiger partial charge on any atom is -0.449 e. The molecule has 0 fully saturated rings. The Hall–Kier alpha value is -3.22. The lowest BCUT2D eigenvalue weighted by Gasteiger charge is -2.13. The summed E-state index contributed by atoms with van der Waals surface area (Å²) in [6.45, 7) is 3.83. The molecule has 0 saturated heterocycles. The fourth-order valence-electron chi connectivity index (χ4n) is 2.98. The molecule has 3 rings (SSSR count). The summed E-state index contributed by atoms with van der Waals surface area (Å²) in [4.78, 5) is 25.3. The quantitative estimate of drug-likeness (QED) is 0.601. The van der Waals surface area contributed by atoms with Crippen LogP contribution >= 0.6 is 0 Å². The number of amides is 2. The van der Waals surface area contributed by atoms with E-state index >= 15 is 0 Å². The van der Waals surface area contributed by atoms with Crippen LogP contribution in [0.4, 0.5) is 20.2 Å². The third-order valence-electron chi connectivity index (χ3n) is 4.58. The van der Waals surface area contributed by atoms with Crippen molar-refractivity contribution in [3.05, 3.63) is 59.9 Å². The van der Waals surface area contributed by atoms with E-state index in [1.807, 2.05) is 13.8 Å². The molecule has 2 amide bonds. The molecule has 5 nitrogen and oxygen atoms in total. The van der Waals surface area contributed by atoms with E-state index in [4.69, 9.17) is 4.42 Å². The number of carbonyl (C=O) groups is 2. The van der Waals surface area contributed by atoms with Crippen molar-refractivity contribution in [2.24, 2.45) is 5.92 Å². The maximum atomic E-state index is 13.4. The molecule has 0 spiro atoms. The van der Waals surface area contributed by atoms with Gasteiger partial charge in [-0.15, -0.1) is 0 Å². The fraction of sp³-hybridized carbons (Fsp3) is 0.238. The molecule has 0 aliphatic heterocycles. The van der Waals surface area contributed by atoms with Gasteiger partial charge in [0.1, 0.15) is 11.3 Å². The number of hydrogen-bond donors (Lipinski definition) is 2. The maximum absolute atomic E-state index is 13.4. The van der Waals surface area contributed by atoms with Crippen LogP contribution < -0.4 is 10.6 Å². The molecule has 0 aliphatic carbocycles. The first-order valence-corrected chi connectivity index (χ1v) is 9.03. The molecular weight excluding hydrogens is 366 g/mol. The molecule has 3 aromatic rings. The molecule has 0 unspecified atom stereocenters. The van der Waals surface area contributed by atoms with Crippen molar-refractivity contribution in [1.82, 2.24) is 0 Å². The van der Waals surface area contributed by atoms with E-state index in [-0.39, 0.29) is 29.0 Å². The molecular formula is C21H20F2N2O3. The standard InChI is InChI=1S/C21H20F2N2O3/c1-3-12(4-2)20(26)25-18-14-7-5-6-8-17(14)28-19(18)21(27)24-13-9-10-15(22)16(23)11-13/h5-12H,3-4H2,1-2H3,(H,24,27)(H,25,26). The van der Waals surface area contributed by atoms with Crippen molar-refractivity contribution in [3.8, 4) is 0 Å². The van der Waals surface area contributed by atoms with Gasteiger partial charge in [0.15, 0.2) is 11.6 Å². The van der Waals surface area contributed by atoms with E-state index in [0.717, 1.165) is 12.1 Å². The minimum absolute atomic E-state index is 0.0709. The maximum Gasteiger partial charge on any atom is 0.293 e. The highest BCUT2D eigenvalue weighted by molar-refractivity contribution is 6.14. The molecule has 146 valence electrons. The van der Waals surface area contributed by atoms with Crippen molar-refractivity contribution >= 4 is 34.2 Å². The molecule has 0 radical (unpaired) electrons. The van der Waals surface area contributed by atoms with Gasteiger partial charge in [0, 0.05) is 23.1 Å². The molecule has 1 heterocycles. The Morgan fingerprint density at radius 3 is 2.39 bits per heavy atom. The van der Waals surface area contributed by atoms with Crippen molar-refractivity contribution in [3.63, 3.8) is 0 Å². The van der Waals surface area contributed by atoms with Gasteiger partial charge in [0.05, 0.1) is 0 Å². The summed E-state index contributed by atoms with van der Waals surface area (Å²) in [6, 6.07) is 9.95. The van der Waals surface area contributed by atoms with Crippen molar-refractivity contribution in [1.29, 1.82) is 0 Å². The normalized spacial score (nSPS) is 11.0. The van der Waals surface area contributed by atoms with E-state index < -0.39 is 17.5 Å². The average molecular weight is 386 g/mol. The fourth-order valence-corrected chi connectivity index (χ4v) is 2.98. The molecule has 2 N–H and O–H groups in total. The number of nitrogens with one attached hydrogen (secondary N) is 2. The number of furan rings is 1. The van der Waals surface area contributed by atoms with Crippen LogP contribution in [0.3, 0.4) is 0 Å². The van der Waals surface area contributed by atoms with Crippen LogP contribution in [0.2, 0.25) is 0 Å². The summed E-state index contributed by atoms with van der Waals surface area (Å²) in [6.07, 6.45) is 1.32. The Labute approximate surface area is 160 Å². The zero-order valence-electron chi connectivity index (χ0n) is 15.5. The van der Waals surface area contributed by atoms with E-state index in [1.54, 1.807) is 24.3 Å².